The molecule has 48 heavy (non-hydrogen) atoms. The van der Waals surface area contributed by atoms with Crippen LogP contribution >= 0.6 is 23.2 Å². The molecule has 2 aromatic heterocycles. The molecule has 1 amide bonds. The number of hydrogen-bond acceptors (Lipinski definition) is 10. The Morgan fingerprint density at radius 3 is 1.90 bits per heavy atom. The second-order valence-electron chi connectivity index (χ2n) is 12.0. The lowest BCUT2D eigenvalue weighted by molar-refractivity contribution is -0.119. The lowest BCUT2D eigenvalue weighted by atomic mass is 9.98. The van der Waals surface area contributed by atoms with Crippen LogP contribution in [0.1, 0.15) is 37.1 Å². The van der Waals surface area contributed by atoms with Gasteiger partial charge in [0.15, 0.2) is 0 Å². The fourth-order valence-corrected chi connectivity index (χ4v) is 6.61. The van der Waals surface area contributed by atoms with Gasteiger partial charge in [-0.25, -0.2) is 9.97 Å². The molecule has 1 unspecified atom stereocenters. The highest BCUT2D eigenvalue weighted by atomic mass is 35.5. The first-order chi connectivity index (χ1) is 23.4. The molecule has 0 spiro atoms. The van der Waals surface area contributed by atoms with Crippen molar-refractivity contribution in [2.75, 3.05) is 34.5 Å². The van der Waals surface area contributed by atoms with Crippen LogP contribution in [0.15, 0.2) is 48.8 Å². The minimum atomic E-state index is 0.0857. The number of benzene rings is 2. The van der Waals surface area contributed by atoms with E-state index in [4.69, 9.17) is 52.4 Å². The number of methoxy groups -OCH3 is 3. The van der Waals surface area contributed by atoms with E-state index in [1.807, 2.05) is 36.4 Å². The third kappa shape index (κ3) is 7.71. The summed E-state index contributed by atoms with van der Waals surface area (Å²) in [6.07, 6.45) is 7.19. The Labute approximate surface area is 290 Å². The summed E-state index contributed by atoms with van der Waals surface area (Å²) in [5.41, 5.74) is 5.37. The molecular formula is C35H39Cl2N7O4. The molecule has 2 atom stereocenters. The van der Waals surface area contributed by atoms with Crippen molar-refractivity contribution in [3.63, 3.8) is 0 Å². The summed E-state index contributed by atoms with van der Waals surface area (Å²) in [5.74, 6) is 1.54. The first-order valence-corrected chi connectivity index (χ1v) is 16.8. The number of amides is 1. The highest BCUT2D eigenvalue weighted by molar-refractivity contribution is 6.39. The molecule has 252 valence electrons. The van der Waals surface area contributed by atoms with Gasteiger partial charge in [-0.1, -0.05) is 59.6 Å². The number of rotatable bonds is 15. The van der Waals surface area contributed by atoms with Crippen molar-refractivity contribution in [3.8, 4) is 45.4 Å². The Hall–Kier alpha value is -3.87. The molecule has 3 N–H and O–H groups in total. The predicted molar refractivity (Wildman–Crippen MR) is 185 cm³/mol. The quantitative estimate of drug-likeness (QED) is 0.147. The van der Waals surface area contributed by atoms with E-state index in [1.54, 1.807) is 33.7 Å². The van der Waals surface area contributed by atoms with Crippen LogP contribution in [0.2, 0.25) is 10.0 Å². The zero-order valence-corrected chi connectivity index (χ0v) is 28.7. The number of halogens is 2. The molecule has 1 aliphatic heterocycles. The second kappa shape index (κ2) is 15.6. The minimum absolute atomic E-state index is 0.0857. The zero-order chi connectivity index (χ0) is 33.6. The Morgan fingerprint density at radius 1 is 0.833 bits per heavy atom. The molecule has 0 radical (unpaired) electrons. The van der Waals surface area contributed by atoms with E-state index in [-0.39, 0.29) is 18.0 Å². The average Bonchev–Trinajstić information content (AvgIpc) is 3.87. The van der Waals surface area contributed by atoms with E-state index >= 15 is 0 Å². The van der Waals surface area contributed by atoms with Gasteiger partial charge in [-0.15, -0.1) is 0 Å². The number of nitrogens with one attached hydrogen (secondary N) is 3. The SMILES string of the molecule is COCC(NCc1ncc(-c2cccc(-c3cccc(-c4cnc(CNC[C@@H]5CCC(=O)N5)c(OC)n4)c3Cl)c2Cl)nc1OC)C1CC1. The van der Waals surface area contributed by atoms with Crippen molar-refractivity contribution in [1.29, 1.82) is 0 Å². The molecule has 2 aromatic carbocycles. The van der Waals surface area contributed by atoms with E-state index < -0.39 is 0 Å². The van der Waals surface area contributed by atoms with Crippen molar-refractivity contribution >= 4 is 29.1 Å². The van der Waals surface area contributed by atoms with Gasteiger partial charge < -0.3 is 30.2 Å². The Morgan fingerprint density at radius 2 is 1.40 bits per heavy atom. The van der Waals surface area contributed by atoms with Gasteiger partial charge >= 0.3 is 0 Å². The number of ether oxygens (including phenoxy) is 3. The lowest BCUT2D eigenvalue weighted by Gasteiger charge is -2.18. The van der Waals surface area contributed by atoms with E-state index in [9.17, 15) is 4.79 Å². The number of nitrogens with zero attached hydrogens (tertiary/aromatic N) is 4. The number of aromatic nitrogens is 4. The van der Waals surface area contributed by atoms with Gasteiger partial charge in [0.1, 0.15) is 11.4 Å². The summed E-state index contributed by atoms with van der Waals surface area (Å²) in [5, 5.41) is 10.8. The number of hydrogen-bond donors (Lipinski definition) is 3. The van der Waals surface area contributed by atoms with Crippen LogP contribution in [0, 0.1) is 5.92 Å². The molecular weight excluding hydrogens is 653 g/mol. The third-order valence-corrected chi connectivity index (χ3v) is 9.50. The van der Waals surface area contributed by atoms with E-state index in [0.717, 1.165) is 17.5 Å². The molecule has 1 saturated heterocycles. The maximum absolute atomic E-state index is 11.5. The van der Waals surface area contributed by atoms with Crippen molar-refractivity contribution < 1.29 is 19.0 Å². The maximum atomic E-state index is 11.5. The zero-order valence-electron chi connectivity index (χ0n) is 27.2. The van der Waals surface area contributed by atoms with Gasteiger partial charge in [-0.05, 0) is 25.2 Å². The van der Waals surface area contributed by atoms with E-state index in [2.05, 4.69) is 20.9 Å². The van der Waals surface area contributed by atoms with E-state index in [1.165, 1.54) is 12.8 Å². The minimum Gasteiger partial charge on any atom is -0.480 e. The molecule has 1 saturated carbocycles. The molecule has 11 nitrogen and oxygen atoms in total. The monoisotopic (exact) mass is 691 g/mol. The first kappa shape index (κ1) is 34.0. The van der Waals surface area contributed by atoms with Crippen LogP contribution in [0.5, 0.6) is 11.8 Å². The van der Waals surface area contributed by atoms with Gasteiger partial charge in [0.25, 0.3) is 0 Å². The van der Waals surface area contributed by atoms with Gasteiger partial charge in [0, 0.05) is 67.5 Å². The fraction of sp³-hybridized carbons (Fsp3) is 0.400. The van der Waals surface area contributed by atoms with Crippen molar-refractivity contribution in [1.82, 2.24) is 35.9 Å². The Balaban J connectivity index is 1.22. The van der Waals surface area contributed by atoms with E-state index in [0.29, 0.717) is 94.3 Å². The predicted octanol–water partition coefficient (Wildman–Crippen LogP) is 5.47. The smallest absolute Gasteiger partial charge is 0.237 e. The van der Waals surface area contributed by atoms with Crippen LogP contribution in [0.25, 0.3) is 33.6 Å². The second-order valence-corrected chi connectivity index (χ2v) is 12.7. The molecule has 13 heteroatoms. The Kier molecular flexibility index (Phi) is 11.0. The molecule has 6 rings (SSSR count). The average molecular weight is 693 g/mol. The summed E-state index contributed by atoms with van der Waals surface area (Å²) < 4.78 is 16.6. The van der Waals surface area contributed by atoms with Crippen molar-refractivity contribution in [3.05, 3.63) is 70.2 Å². The summed E-state index contributed by atoms with van der Waals surface area (Å²) in [7, 11) is 4.87. The largest absolute Gasteiger partial charge is 0.480 e. The van der Waals surface area contributed by atoms with Gasteiger partial charge in [-0.2, -0.15) is 0 Å². The normalized spacial score (nSPS) is 16.5. The Bertz CT molecular complexity index is 1770. The summed E-state index contributed by atoms with van der Waals surface area (Å²) in [6, 6.07) is 11.8. The highest BCUT2D eigenvalue weighted by Crippen LogP contribution is 2.42. The topological polar surface area (TPSA) is 132 Å². The van der Waals surface area contributed by atoms with Gasteiger partial charge in [-0.3, -0.25) is 14.8 Å². The number of carbonyl (C=O) groups excluding carboxylic acids is 1. The van der Waals surface area contributed by atoms with Crippen LogP contribution in [-0.4, -0.2) is 72.4 Å². The summed E-state index contributed by atoms with van der Waals surface area (Å²) >= 11 is 14.1. The van der Waals surface area contributed by atoms with Crippen LogP contribution < -0.4 is 25.4 Å². The highest BCUT2D eigenvalue weighted by Gasteiger charge is 2.31. The molecule has 2 fully saturated rings. The molecule has 0 bridgehead atoms. The van der Waals surface area contributed by atoms with Gasteiger partial charge in [0.05, 0.1) is 54.7 Å². The summed E-state index contributed by atoms with van der Waals surface area (Å²) in [4.78, 5) is 30.3. The standard InChI is InChI=1S/C35H39Cl2N7O4/c1-46-19-30(20-10-11-20)41-18-29-35(48-3)44-27(17-40-29)25-9-5-7-23(33(25)37)22-6-4-8-24(32(22)36)26-16-39-28(34(43-26)47-2)15-38-14-21-12-13-31(45)42-21/h4-9,16-17,20-21,30,38,41H,10-15,18-19H2,1-3H3,(H,42,45)/t21-,30?/m0/s1. The molecule has 1 aliphatic carbocycles. The maximum Gasteiger partial charge on any atom is 0.237 e. The fourth-order valence-electron chi connectivity index (χ4n) is 5.96. The van der Waals surface area contributed by atoms with Crippen molar-refractivity contribution in [2.45, 2.75) is 50.9 Å². The lowest BCUT2D eigenvalue weighted by Crippen LogP contribution is -2.35. The van der Waals surface area contributed by atoms with Gasteiger partial charge in [0.2, 0.25) is 17.7 Å². The van der Waals surface area contributed by atoms with Crippen LogP contribution in [0.4, 0.5) is 0 Å². The third-order valence-electron chi connectivity index (χ3n) is 8.69. The molecule has 2 aliphatic rings. The first-order valence-electron chi connectivity index (χ1n) is 16.0. The molecule has 3 heterocycles. The number of carbonyl (C=O) groups is 1. The molecule has 4 aromatic rings. The van der Waals surface area contributed by atoms with Crippen molar-refractivity contribution in [2.24, 2.45) is 5.92 Å². The van der Waals surface area contributed by atoms with Crippen LogP contribution in [0.3, 0.4) is 0 Å². The van der Waals surface area contributed by atoms with Crippen LogP contribution in [-0.2, 0) is 22.6 Å². The summed E-state index contributed by atoms with van der Waals surface area (Å²) in [6.45, 7) is 2.25.